The first-order valence-corrected chi connectivity index (χ1v) is 5.60. The van der Waals surface area contributed by atoms with Crippen molar-refractivity contribution in [3.8, 4) is 0 Å². The van der Waals surface area contributed by atoms with Gasteiger partial charge in [-0.3, -0.25) is 0 Å². The summed E-state index contributed by atoms with van der Waals surface area (Å²) < 4.78 is 13.6. The van der Waals surface area contributed by atoms with Crippen LogP contribution in [0.4, 0.5) is 4.39 Å². The molecule has 1 aromatic rings. The molecule has 0 heterocycles. The standard InChI is InChI=1S/C8H8F.Sn.H/c1-2-7-3-5-8(9)6-4-7;;/h3-6H,1-2H2;;. The van der Waals surface area contributed by atoms with E-state index in [0.717, 1.165) is 6.42 Å². The summed E-state index contributed by atoms with van der Waals surface area (Å²) in [5.41, 5.74) is 1.24. The molecule has 0 amide bonds. The summed E-state index contributed by atoms with van der Waals surface area (Å²) in [6.07, 6.45) is 1.10. The summed E-state index contributed by atoms with van der Waals surface area (Å²) in [6, 6.07) is 6.74. The molecule has 52 valence electrons. The zero-order valence-electron chi connectivity index (χ0n) is 5.68. The van der Waals surface area contributed by atoms with E-state index in [2.05, 4.69) is 0 Å². The van der Waals surface area contributed by atoms with Crippen LogP contribution in [0.2, 0.25) is 4.44 Å². The molecule has 1 rings (SSSR count). The molecular formula is C8H9FSn. The van der Waals surface area contributed by atoms with Gasteiger partial charge < -0.3 is 0 Å². The van der Waals surface area contributed by atoms with Gasteiger partial charge in [0.05, 0.1) is 0 Å². The molecule has 1 aromatic carbocycles. The molecule has 0 aliphatic carbocycles. The fourth-order valence-corrected chi connectivity index (χ4v) is 1.77. The van der Waals surface area contributed by atoms with E-state index >= 15 is 0 Å². The van der Waals surface area contributed by atoms with Crippen LogP contribution >= 0.6 is 0 Å². The maximum absolute atomic E-state index is 12.3. The number of benzene rings is 1. The van der Waals surface area contributed by atoms with Crippen molar-refractivity contribution in [3.63, 3.8) is 0 Å². The Kier molecular flexibility index (Phi) is 3.19. The molecular weight excluding hydrogens is 234 g/mol. The number of aryl methyl sites for hydroxylation is 1. The molecule has 0 atom stereocenters. The van der Waals surface area contributed by atoms with Gasteiger partial charge in [-0.1, -0.05) is 0 Å². The predicted octanol–water partition coefficient (Wildman–Crippen LogP) is 1.69. The third-order valence-electron chi connectivity index (χ3n) is 1.35. The Balaban J connectivity index is 2.69. The van der Waals surface area contributed by atoms with Crippen molar-refractivity contribution in [1.29, 1.82) is 0 Å². The molecule has 0 fully saturated rings. The Morgan fingerprint density at radius 3 is 2.30 bits per heavy atom. The Morgan fingerprint density at radius 1 is 1.20 bits per heavy atom. The molecule has 0 unspecified atom stereocenters. The first kappa shape index (κ1) is 8.05. The van der Waals surface area contributed by atoms with Gasteiger partial charge in [0.25, 0.3) is 0 Å². The molecule has 0 spiro atoms. The Hall–Kier alpha value is -0.0513. The van der Waals surface area contributed by atoms with E-state index in [1.54, 1.807) is 0 Å². The van der Waals surface area contributed by atoms with E-state index in [0.29, 0.717) is 0 Å². The van der Waals surface area contributed by atoms with Crippen LogP contribution < -0.4 is 0 Å². The fourth-order valence-electron chi connectivity index (χ4n) is 0.818. The second-order valence-electron chi connectivity index (χ2n) is 2.17. The molecule has 0 N–H and O–H groups in total. The van der Waals surface area contributed by atoms with Gasteiger partial charge >= 0.3 is 73.4 Å². The van der Waals surface area contributed by atoms with Crippen molar-refractivity contribution in [2.45, 2.75) is 10.9 Å². The second kappa shape index (κ2) is 3.96. The number of halogens is 1. The van der Waals surface area contributed by atoms with Crippen LogP contribution in [0, 0.1) is 5.82 Å². The topological polar surface area (TPSA) is 0 Å². The van der Waals surface area contributed by atoms with Crippen LogP contribution in [-0.2, 0) is 6.42 Å². The van der Waals surface area contributed by atoms with Gasteiger partial charge in [0.15, 0.2) is 0 Å². The van der Waals surface area contributed by atoms with Crippen LogP contribution in [0.25, 0.3) is 0 Å². The van der Waals surface area contributed by atoms with Crippen LogP contribution in [0.15, 0.2) is 24.3 Å². The molecule has 0 aromatic heterocycles. The summed E-state index contributed by atoms with van der Waals surface area (Å²) in [6.45, 7) is 0. The molecule has 0 bridgehead atoms. The molecule has 0 nitrogen and oxygen atoms in total. The third kappa shape index (κ3) is 2.29. The molecule has 0 aliphatic heterocycles. The normalized spacial score (nSPS) is 9.80. The predicted molar refractivity (Wildman–Crippen MR) is 42.1 cm³/mol. The molecule has 0 saturated heterocycles. The van der Waals surface area contributed by atoms with Crippen LogP contribution in [-0.4, -0.2) is 22.5 Å². The zero-order valence-corrected chi connectivity index (χ0v) is 8.97. The van der Waals surface area contributed by atoms with Gasteiger partial charge in [-0.15, -0.1) is 0 Å². The third-order valence-corrected chi connectivity index (χ3v) is 2.17. The Morgan fingerprint density at radius 2 is 1.80 bits per heavy atom. The second-order valence-corrected chi connectivity index (χ2v) is 3.81. The summed E-state index contributed by atoms with van der Waals surface area (Å²) in [4.78, 5) is 0. The minimum absolute atomic E-state index is 0.142. The quantitative estimate of drug-likeness (QED) is 0.693. The Labute approximate surface area is 73.5 Å². The first-order valence-electron chi connectivity index (χ1n) is 3.27. The van der Waals surface area contributed by atoms with Gasteiger partial charge in [-0.25, -0.2) is 0 Å². The SMILES string of the molecule is Fc1ccc(C[CH2][SnH])cc1. The molecule has 2 heteroatoms. The van der Waals surface area contributed by atoms with Crippen molar-refractivity contribution < 1.29 is 4.39 Å². The van der Waals surface area contributed by atoms with E-state index in [9.17, 15) is 4.39 Å². The summed E-state index contributed by atoms with van der Waals surface area (Å²) in [5.74, 6) is -0.142. The van der Waals surface area contributed by atoms with Crippen molar-refractivity contribution in [3.05, 3.63) is 35.6 Å². The van der Waals surface area contributed by atoms with Gasteiger partial charge in [-0.2, -0.15) is 0 Å². The Bertz CT molecular complexity index is 193. The van der Waals surface area contributed by atoms with E-state index in [1.165, 1.54) is 44.7 Å². The number of hydrogen-bond acceptors (Lipinski definition) is 0. The van der Waals surface area contributed by atoms with Crippen molar-refractivity contribution in [2.75, 3.05) is 0 Å². The molecule has 0 saturated carbocycles. The van der Waals surface area contributed by atoms with E-state index in [4.69, 9.17) is 0 Å². The van der Waals surface area contributed by atoms with Crippen LogP contribution in [0.1, 0.15) is 5.56 Å². The van der Waals surface area contributed by atoms with Crippen LogP contribution in [0.3, 0.4) is 0 Å². The van der Waals surface area contributed by atoms with Gasteiger partial charge in [0.1, 0.15) is 0 Å². The van der Waals surface area contributed by atoms with E-state index in [1.807, 2.05) is 12.1 Å². The molecule has 0 aliphatic rings. The van der Waals surface area contributed by atoms with E-state index in [-0.39, 0.29) is 5.82 Å². The fraction of sp³-hybridized carbons (Fsp3) is 0.250. The van der Waals surface area contributed by atoms with Gasteiger partial charge in [-0.05, 0) is 0 Å². The average Bonchev–Trinajstić information content (AvgIpc) is 1.95. The van der Waals surface area contributed by atoms with Crippen LogP contribution in [0.5, 0.6) is 0 Å². The summed E-state index contributed by atoms with van der Waals surface area (Å²) in [7, 11) is 0. The van der Waals surface area contributed by atoms with Crippen molar-refractivity contribution in [2.24, 2.45) is 0 Å². The zero-order chi connectivity index (χ0) is 7.40. The first-order chi connectivity index (χ1) is 4.83. The average molecular weight is 243 g/mol. The van der Waals surface area contributed by atoms with Crippen molar-refractivity contribution in [1.82, 2.24) is 0 Å². The maximum atomic E-state index is 12.3. The van der Waals surface area contributed by atoms with E-state index < -0.39 is 0 Å². The monoisotopic (exact) mass is 244 g/mol. The number of hydrogen-bond donors (Lipinski definition) is 0. The molecule has 2 radical (unpaired) electrons. The summed E-state index contributed by atoms with van der Waals surface area (Å²) in [5, 5.41) is 0. The summed E-state index contributed by atoms with van der Waals surface area (Å²) >= 11 is 1.28. The van der Waals surface area contributed by atoms with Gasteiger partial charge in [0.2, 0.25) is 0 Å². The minimum atomic E-state index is -0.142. The van der Waals surface area contributed by atoms with Crippen molar-refractivity contribution >= 4 is 22.5 Å². The molecule has 10 heavy (non-hydrogen) atoms. The van der Waals surface area contributed by atoms with Gasteiger partial charge in [0, 0.05) is 0 Å². The number of rotatable bonds is 2.